The van der Waals surface area contributed by atoms with E-state index in [4.69, 9.17) is 19.2 Å². The first-order valence-electron chi connectivity index (χ1n) is 22.0. The van der Waals surface area contributed by atoms with Gasteiger partial charge in [-0.15, -0.1) is 0 Å². The number of rotatable bonds is 20. The average Bonchev–Trinajstić information content (AvgIpc) is 3.68. The summed E-state index contributed by atoms with van der Waals surface area (Å²) in [6.07, 6.45) is 5.30. The third-order valence-corrected chi connectivity index (χ3v) is 10.8. The van der Waals surface area contributed by atoms with Gasteiger partial charge in [-0.25, -0.2) is 14.8 Å². The average molecular weight is 892 g/mol. The summed E-state index contributed by atoms with van der Waals surface area (Å²) in [7, 11) is 0. The predicted molar refractivity (Wildman–Crippen MR) is 237 cm³/mol. The number of nitrogens with zero attached hydrogens (tertiary/aromatic N) is 7. The standard InChI is InChI=1S/C46H60F3N9O6/c1-6-33-27-53-58-40(25-41(55-43(33)58)57-15-8-7-11-37(57)14-17-59)51-26-32-12-13-42(60)56(30-32)16-19-63-21-20-62-18-9-10-35-23-34(24-39(54-35)46(47,48)49)38-29-50-36(22-31(38)2)28-52-44(61)64-45(3,4)5/h12-13,22-25,27,29-30,37,51,59H,6-11,14-21,26,28H2,1-5H3,(H,52,61). The normalized spacial score (nSPS) is 14.6. The van der Waals surface area contributed by atoms with Crippen LogP contribution >= 0.6 is 0 Å². The second kappa shape index (κ2) is 21.9. The minimum absolute atomic E-state index is 0.0990. The van der Waals surface area contributed by atoms with Crippen LogP contribution < -0.4 is 21.1 Å². The molecule has 5 aromatic rings. The molecule has 0 saturated carbocycles. The molecule has 1 amide bonds. The van der Waals surface area contributed by atoms with Gasteiger partial charge in [-0.05, 0) is 108 Å². The van der Waals surface area contributed by atoms with Crippen molar-refractivity contribution in [2.24, 2.45) is 0 Å². The molecular weight excluding hydrogens is 832 g/mol. The summed E-state index contributed by atoms with van der Waals surface area (Å²) in [5.74, 6) is 1.64. The van der Waals surface area contributed by atoms with Crippen LogP contribution in [0.3, 0.4) is 0 Å². The van der Waals surface area contributed by atoms with Crippen LogP contribution in [0.2, 0.25) is 0 Å². The lowest BCUT2D eigenvalue weighted by Gasteiger charge is -2.36. The number of alkyl halides is 3. The molecule has 0 spiro atoms. The van der Waals surface area contributed by atoms with Gasteiger partial charge < -0.3 is 39.4 Å². The monoisotopic (exact) mass is 891 g/mol. The first kappa shape index (κ1) is 47.9. The van der Waals surface area contributed by atoms with Gasteiger partial charge in [0.05, 0.1) is 38.3 Å². The fourth-order valence-corrected chi connectivity index (χ4v) is 7.67. The number of alkyl carbamates (subject to hydrolysis) is 1. The molecule has 1 unspecified atom stereocenters. The smallest absolute Gasteiger partial charge is 0.433 e. The van der Waals surface area contributed by atoms with Gasteiger partial charge >= 0.3 is 12.3 Å². The Morgan fingerprint density at radius 2 is 1.77 bits per heavy atom. The van der Waals surface area contributed by atoms with Crippen molar-refractivity contribution in [1.82, 2.24) is 34.4 Å². The van der Waals surface area contributed by atoms with Crippen LogP contribution in [0.15, 0.2) is 59.8 Å². The number of ether oxygens (including phenoxy) is 3. The molecule has 64 heavy (non-hydrogen) atoms. The third kappa shape index (κ3) is 13.2. The Hall–Kier alpha value is -5.59. The van der Waals surface area contributed by atoms with E-state index in [0.717, 1.165) is 66.7 Å². The van der Waals surface area contributed by atoms with Gasteiger partial charge in [0.15, 0.2) is 5.65 Å². The molecule has 5 aromatic heterocycles. The lowest BCUT2D eigenvalue weighted by Crippen LogP contribution is -2.40. The number of anilines is 2. The molecule has 15 nitrogen and oxygen atoms in total. The lowest BCUT2D eigenvalue weighted by atomic mass is 9.99. The number of nitrogens with one attached hydrogen (secondary N) is 2. The Bertz CT molecular complexity index is 2400. The maximum Gasteiger partial charge on any atom is 0.433 e. The number of carbonyl (C=O) groups excluding carboxylic acids is 1. The number of aryl methyl sites for hydroxylation is 3. The van der Waals surface area contributed by atoms with Crippen molar-refractivity contribution in [3.63, 3.8) is 0 Å². The van der Waals surface area contributed by atoms with Crippen LogP contribution in [0.25, 0.3) is 16.8 Å². The molecule has 18 heteroatoms. The Balaban J connectivity index is 0.964. The molecule has 1 saturated heterocycles. The highest BCUT2D eigenvalue weighted by Crippen LogP contribution is 2.33. The van der Waals surface area contributed by atoms with Gasteiger partial charge in [0, 0.05) is 80.2 Å². The number of fused-ring (bicyclic) bond motifs is 1. The number of pyridine rings is 3. The molecule has 6 rings (SSSR count). The van der Waals surface area contributed by atoms with E-state index in [9.17, 15) is 27.9 Å². The molecule has 3 N–H and O–H groups in total. The van der Waals surface area contributed by atoms with E-state index in [-0.39, 0.29) is 63.3 Å². The van der Waals surface area contributed by atoms with E-state index in [1.165, 1.54) is 12.3 Å². The fourth-order valence-electron chi connectivity index (χ4n) is 7.67. The summed E-state index contributed by atoms with van der Waals surface area (Å²) in [6, 6.07) is 9.94. The maximum atomic E-state index is 13.9. The number of hydrogen-bond donors (Lipinski definition) is 3. The molecule has 346 valence electrons. The van der Waals surface area contributed by atoms with Crippen LogP contribution in [0.1, 0.15) is 93.6 Å². The molecule has 1 fully saturated rings. The highest BCUT2D eigenvalue weighted by molar-refractivity contribution is 5.69. The first-order chi connectivity index (χ1) is 30.6. The molecule has 0 bridgehead atoms. The number of aliphatic hydroxyl groups is 1. The van der Waals surface area contributed by atoms with Crippen LogP contribution in [-0.2, 0) is 52.9 Å². The second-order valence-electron chi connectivity index (χ2n) is 16.9. The number of amides is 1. The molecule has 0 aromatic carbocycles. The highest BCUT2D eigenvalue weighted by atomic mass is 19.4. The van der Waals surface area contributed by atoms with Crippen molar-refractivity contribution >= 4 is 23.4 Å². The zero-order valence-corrected chi connectivity index (χ0v) is 37.3. The Kier molecular flexibility index (Phi) is 16.4. The van der Waals surface area contributed by atoms with E-state index < -0.39 is 23.6 Å². The number of piperidine rings is 1. The van der Waals surface area contributed by atoms with Crippen LogP contribution in [0, 0.1) is 6.92 Å². The minimum Gasteiger partial charge on any atom is -0.444 e. The molecule has 0 aliphatic carbocycles. The van der Waals surface area contributed by atoms with E-state index in [2.05, 4.69) is 37.5 Å². The van der Waals surface area contributed by atoms with Crippen molar-refractivity contribution in [3.05, 3.63) is 99.1 Å². The van der Waals surface area contributed by atoms with E-state index in [1.807, 2.05) is 23.0 Å². The predicted octanol–water partition coefficient (Wildman–Crippen LogP) is 7.28. The lowest BCUT2D eigenvalue weighted by molar-refractivity contribution is -0.141. The van der Waals surface area contributed by atoms with Crippen molar-refractivity contribution < 1.29 is 37.3 Å². The molecule has 1 atom stereocenters. The van der Waals surface area contributed by atoms with Gasteiger partial charge in [-0.2, -0.15) is 22.8 Å². The van der Waals surface area contributed by atoms with Crippen molar-refractivity contribution in [3.8, 4) is 11.1 Å². The van der Waals surface area contributed by atoms with E-state index in [1.54, 1.807) is 50.5 Å². The minimum atomic E-state index is -4.64. The summed E-state index contributed by atoms with van der Waals surface area (Å²) >= 11 is 0. The number of carbonyl (C=O) groups is 1. The summed E-state index contributed by atoms with van der Waals surface area (Å²) in [5, 5.41) is 20.5. The quantitative estimate of drug-likeness (QED) is 0.0669. The molecule has 0 radical (unpaired) electrons. The molecule has 6 heterocycles. The van der Waals surface area contributed by atoms with Crippen molar-refractivity contribution in [2.75, 3.05) is 49.8 Å². The first-order valence-corrected chi connectivity index (χ1v) is 22.0. The second-order valence-corrected chi connectivity index (χ2v) is 16.9. The zero-order valence-electron chi connectivity index (χ0n) is 37.3. The summed E-state index contributed by atoms with van der Waals surface area (Å²) < 4.78 is 61.9. The Labute approximate surface area is 371 Å². The van der Waals surface area contributed by atoms with Crippen LogP contribution in [0.5, 0.6) is 0 Å². The van der Waals surface area contributed by atoms with Gasteiger partial charge in [0.2, 0.25) is 0 Å². The van der Waals surface area contributed by atoms with Crippen molar-refractivity contribution in [2.45, 2.75) is 117 Å². The Morgan fingerprint density at radius 1 is 0.969 bits per heavy atom. The zero-order chi connectivity index (χ0) is 45.9. The Morgan fingerprint density at radius 3 is 2.50 bits per heavy atom. The number of aromatic nitrogens is 6. The van der Waals surface area contributed by atoms with E-state index >= 15 is 0 Å². The molecule has 1 aliphatic rings. The van der Waals surface area contributed by atoms with E-state index in [0.29, 0.717) is 48.3 Å². The van der Waals surface area contributed by atoms with Gasteiger partial charge in [-0.3, -0.25) is 9.78 Å². The maximum absolute atomic E-state index is 13.9. The highest BCUT2D eigenvalue weighted by Gasteiger charge is 2.33. The fraction of sp³-hybridized carbons (Fsp3) is 0.522. The topological polar surface area (TPSA) is 170 Å². The third-order valence-electron chi connectivity index (χ3n) is 10.8. The van der Waals surface area contributed by atoms with Gasteiger partial charge in [0.25, 0.3) is 5.56 Å². The number of hydrogen-bond acceptors (Lipinski definition) is 12. The summed E-state index contributed by atoms with van der Waals surface area (Å²) in [5.41, 5.74) is 3.30. The number of halogens is 3. The van der Waals surface area contributed by atoms with Crippen LogP contribution in [-0.4, -0.2) is 91.6 Å². The van der Waals surface area contributed by atoms with Crippen molar-refractivity contribution in [1.29, 1.82) is 0 Å². The SMILES string of the molecule is CCc1cnn2c(NCc3ccc(=O)n(CCOCCOCCCc4cc(-c5cnc(CNC(=O)OC(C)(C)C)cc5C)cc(C(F)(F)F)n4)c3)cc(N3CCCCC3CCO)nc12. The summed E-state index contributed by atoms with van der Waals surface area (Å²) in [4.78, 5) is 40.4. The van der Waals surface area contributed by atoms with Gasteiger partial charge in [0.1, 0.15) is 22.9 Å². The molecular formula is C46H60F3N9O6. The summed E-state index contributed by atoms with van der Waals surface area (Å²) in [6.45, 7) is 12.1. The number of aliphatic hydroxyl groups excluding tert-OH is 1. The largest absolute Gasteiger partial charge is 0.444 e. The molecule has 1 aliphatic heterocycles. The van der Waals surface area contributed by atoms with Crippen LogP contribution in [0.4, 0.5) is 29.6 Å². The van der Waals surface area contributed by atoms with Gasteiger partial charge in [-0.1, -0.05) is 13.0 Å².